The largest absolute Gasteiger partial charge is 0.493 e. The number of hydrogen-bond acceptors (Lipinski definition) is 5. The summed E-state index contributed by atoms with van der Waals surface area (Å²) < 4.78 is 17.1. The molecule has 2 aromatic carbocycles. The molecule has 0 saturated heterocycles. The Bertz CT molecular complexity index is 973. The van der Waals surface area contributed by atoms with Gasteiger partial charge in [0.1, 0.15) is 6.10 Å². The highest BCUT2D eigenvalue weighted by atomic mass is 127. The third-order valence-corrected chi connectivity index (χ3v) is 4.47. The lowest BCUT2D eigenvalue weighted by Crippen LogP contribution is -2.41. The summed E-state index contributed by atoms with van der Waals surface area (Å²) in [5.74, 6) is 3.39. The molecule has 0 radical (unpaired) electrons. The van der Waals surface area contributed by atoms with Crippen LogP contribution >= 0.6 is 24.0 Å². The van der Waals surface area contributed by atoms with E-state index in [0.717, 1.165) is 11.3 Å². The number of para-hydroxylation sites is 2. The first-order valence-electron chi connectivity index (χ1n) is 9.85. The molecule has 1 heterocycles. The molecule has 1 unspecified atom stereocenters. The molecule has 0 amide bonds. The van der Waals surface area contributed by atoms with Gasteiger partial charge in [-0.3, -0.25) is 4.99 Å². The van der Waals surface area contributed by atoms with Crippen molar-refractivity contribution in [1.29, 1.82) is 0 Å². The first-order valence-corrected chi connectivity index (χ1v) is 9.85. The molecular formula is C23H29IN4O3. The highest BCUT2D eigenvalue weighted by molar-refractivity contribution is 14.0. The monoisotopic (exact) mass is 536 g/mol. The standard InChI is InChI=1S/C23H28N4O3.HI/c1-16-9-11-18(12-10-16)21-14-25-22(30-21)15-27-23(24-3)26-13-17(2)29-20-8-6-5-7-19(20)28-4;/h5-12,14,17H,13,15H2,1-4H3,(H2,24,26,27);1H. The number of ether oxygens (including phenoxy) is 2. The molecule has 0 bridgehead atoms. The van der Waals surface area contributed by atoms with Crippen LogP contribution in [0.1, 0.15) is 18.4 Å². The van der Waals surface area contributed by atoms with E-state index in [2.05, 4.69) is 39.7 Å². The first kappa shape index (κ1) is 24.5. The molecule has 0 spiro atoms. The zero-order valence-electron chi connectivity index (χ0n) is 18.2. The van der Waals surface area contributed by atoms with Crippen LogP contribution in [-0.4, -0.2) is 37.7 Å². The van der Waals surface area contributed by atoms with E-state index in [1.165, 1.54) is 5.56 Å². The van der Waals surface area contributed by atoms with E-state index in [-0.39, 0.29) is 30.1 Å². The van der Waals surface area contributed by atoms with Crippen molar-refractivity contribution >= 4 is 29.9 Å². The second kappa shape index (κ2) is 12.2. The van der Waals surface area contributed by atoms with E-state index in [1.807, 2.05) is 43.3 Å². The minimum absolute atomic E-state index is 0. The number of oxazole rings is 1. The zero-order valence-corrected chi connectivity index (χ0v) is 20.5. The molecule has 7 nitrogen and oxygen atoms in total. The minimum atomic E-state index is -0.0882. The third kappa shape index (κ3) is 7.16. The van der Waals surface area contributed by atoms with Gasteiger partial charge in [-0.25, -0.2) is 4.98 Å². The average molecular weight is 536 g/mol. The fourth-order valence-electron chi connectivity index (χ4n) is 2.84. The Labute approximate surface area is 200 Å². The van der Waals surface area contributed by atoms with Crippen molar-refractivity contribution in [2.75, 3.05) is 20.7 Å². The summed E-state index contributed by atoms with van der Waals surface area (Å²) in [6, 6.07) is 15.7. The van der Waals surface area contributed by atoms with E-state index in [4.69, 9.17) is 13.9 Å². The van der Waals surface area contributed by atoms with E-state index in [0.29, 0.717) is 36.4 Å². The maximum atomic E-state index is 5.95. The van der Waals surface area contributed by atoms with Crippen molar-refractivity contribution in [1.82, 2.24) is 15.6 Å². The van der Waals surface area contributed by atoms with Crippen molar-refractivity contribution in [3.8, 4) is 22.8 Å². The lowest BCUT2D eigenvalue weighted by molar-refractivity contribution is 0.213. The van der Waals surface area contributed by atoms with Gasteiger partial charge in [0.2, 0.25) is 5.89 Å². The van der Waals surface area contributed by atoms with E-state index < -0.39 is 0 Å². The predicted octanol–water partition coefficient (Wildman–Crippen LogP) is 4.41. The van der Waals surface area contributed by atoms with Gasteiger partial charge in [0.05, 0.1) is 26.4 Å². The van der Waals surface area contributed by atoms with Crippen LogP contribution in [-0.2, 0) is 6.54 Å². The molecule has 0 aliphatic rings. The van der Waals surface area contributed by atoms with Gasteiger partial charge in [-0.2, -0.15) is 0 Å². The highest BCUT2D eigenvalue weighted by Crippen LogP contribution is 2.26. The van der Waals surface area contributed by atoms with Gasteiger partial charge in [0.15, 0.2) is 23.2 Å². The molecule has 1 aromatic heterocycles. The number of aliphatic imine (C=N–C) groups is 1. The Hall–Kier alpha value is -2.75. The number of benzene rings is 2. The van der Waals surface area contributed by atoms with Gasteiger partial charge in [0.25, 0.3) is 0 Å². The molecule has 2 N–H and O–H groups in total. The van der Waals surface area contributed by atoms with Gasteiger partial charge in [0, 0.05) is 12.6 Å². The van der Waals surface area contributed by atoms with E-state index in [9.17, 15) is 0 Å². The molecule has 3 aromatic rings. The van der Waals surface area contributed by atoms with Crippen LogP contribution in [0, 0.1) is 6.92 Å². The first-order chi connectivity index (χ1) is 14.6. The van der Waals surface area contributed by atoms with Gasteiger partial charge in [-0.1, -0.05) is 42.0 Å². The number of halogens is 1. The van der Waals surface area contributed by atoms with Crippen LogP contribution in [0.2, 0.25) is 0 Å². The predicted molar refractivity (Wildman–Crippen MR) is 133 cm³/mol. The lowest BCUT2D eigenvalue weighted by atomic mass is 10.1. The Morgan fingerprint density at radius 1 is 1.10 bits per heavy atom. The van der Waals surface area contributed by atoms with Crippen LogP contribution in [0.4, 0.5) is 0 Å². The fraction of sp³-hybridized carbons (Fsp3) is 0.304. The quantitative estimate of drug-likeness (QED) is 0.252. The van der Waals surface area contributed by atoms with Gasteiger partial charge in [-0.05, 0) is 26.0 Å². The summed E-state index contributed by atoms with van der Waals surface area (Å²) in [7, 11) is 3.35. The number of nitrogens with one attached hydrogen (secondary N) is 2. The Balaban J connectivity index is 0.00000341. The van der Waals surface area contributed by atoms with Gasteiger partial charge in [-0.15, -0.1) is 24.0 Å². The van der Waals surface area contributed by atoms with Crippen LogP contribution in [0.5, 0.6) is 11.5 Å². The lowest BCUT2D eigenvalue weighted by Gasteiger charge is -2.18. The topological polar surface area (TPSA) is 80.9 Å². The SMILES string of the molecule is CN=C(NCc1ncc(-c2ccc(C)cc2)o1)NCC(C)Oc1ccccc1OC.I. The van der Waals surface area contributed by atoms with Gasteiger partial charge < -0.3 is 24.5 Å². The maximum absolute atomic E-state index is 5.95. The molecule has 0 fully saturated rings. The second-order valence-corrected chi connectivity index (χ2v) is 6.87. The van der Waals surface area contributed by atoms with E-state index >= 15 is 0 Å². The number of hydrogen-bond donors (Lipinski definition) is 2. The Morgan fingerprint density at radius 3 is 2.48 bits per heavy atom. The van der Waals surface area contributed by atoms with E-state index in [1.54, 1.807) is 20.4 Å². The molecular weight excluding hydrogens is 507 g/mol. The van der Waals surface area contributed by atoms with Crippen LogP contribution < -0.4 is 20.1 Å². The molecule has 31 heavy (non-hydrogen) atoms. The summed E-state index contributed by atoms with van der Waals surface area (Å²) in [6.45, 7) is 5.03. The zero-order chi connectivity index (χ0) is 21.3. The normalized spacial score (nSPS) is 11.9. The van der Waals surface area contributed by atoms with Crippen molar-refractivity contribution in [2.45, 2.75) is 26.5 Å². The minimum Gasteiger partial charge on any atom is -0.493 e. The van der Waals surface area contributed by atoms with Crippen LogP contribution in [0.3, 0.4) is 0 Å². The van der Waals surface area contributed by atoms with Crippen molar-refractivity contribution in [3.05, 3.63) is 66.2 Å². The molecule has 166 valence electrons. The molecule has 3 rings (SSSR count). The molecule has 0 saturated carbocycles. The summed E-state index contributed by atoms with van der Waals surface area (Å²) in [5.41, 5.74) is 2.21. The molecule has 0 aliphatic heterocycles. The van der Waals surface area contributed by atoms with Crippen molar-refractivity contribution in [2.24, 2.45) is 4.99 Å². The van der Waals surface area contributed by atoms with Gasteiger partial charge >= 0.3 is 0 Å². The summed E-state index contributed by atoms with van der Waals surface area (Å²) >= 11 is 0. The van der Waals surface area contributed by atoms with Crippen molar-refractivity contribution in [3.63, 3.8) is 0 Å². The summed E-state index contributed by atoms with van der Waals surface area (Å²) in [4.78, 5) is 8.58. The number of aromatic nitrogens is 1. The Kier molecular flexibility index (Phi) is 9.64. The molecule has 0 aliphatic carbocycles. The molecule has 1 atom stereocenters. The number of guanidine groups is 1. The average Bonchev–Trinajstić information content (AvgIpc) is 3.24. The summed E-state index contributed by atoms with van der Waals surface area (Å²) in [5, 5.41) is 6.45. The highest BCUT2D eigenvalue weighted by Gasteiger charge is 2.11. The van der Waals surface area contributed by atoms with Crippen molar-refractivity contribution < 1.29 is 13.9 Å². The molecule has 8 heteroatoms. The van der Waals surface area contributed by atoms with Crippen LogP contribution in [0.15, 0.2) is 64.1 Å². The third-order valence-electron chi connectivity index (χ3n) is 4.47. The summed E-state index contributed by atoms with van der Waals surface area (Å²) in [6.07, 6.45) is 1.65. The van der Waals surface area contributed by atoms with Crippen LogP contribution in [0.25, 0.3) is 11.3 Å². The Morgan fingerprint density at radius 2 is 1.81 bits per heavy atom. The maximum Gasteiger partial charge on any atom is 0.214 e. The number of methoxy groups -OCH3 is 1. The number of aryl methyl sites for hydroxylation is 1. The number of nitrogens with zero attached hydrogens (tertiary/aromatic N) is 2. The second-order valence-electron chi connectivity index (χ2n) is 6.87. The fourth-order valence-corrected chi connectivity index (χ4v) is 2.84. The smallest absolute Gasteiger partial charge is 0.214 e. The number of rotatable bonds is 8.